The molecule has 0 bridgehead atoms. The van der Waals surface area contributed by atoms with Crippen molar-refractivity contribution in [2.24, 2.45) is 0 Å². The second-order valence-corrected chi connectivity index (χ2v) is 7.05. The molecule has 0 aliphatic carbocycles. The summed E-state index contributed by atoms with van der Waals surface area (Å²) in [6.07, 6.45) is 3.74. The fraction of sp³-hybridized carbons (Fsp3) is 0.350. The van der Waals surface area contributed by atoms with Gasteiger partial charge >= 0.3 is 0 Å². The summed E-state index contributed by atoms with van der Waals surface area (Å²) in [7, 11) is 0. The Hall–Kier alpha value is -2.93. The molecule has 2 aromatic heterocycles. The van der Waals surface area contributed by atoms with Crippen molar-refractivity contribution in [3.05, 3.63) is 53.6 Å². The highest BCUT2D eigenvalue weighted by Crippen LogP contribution is 2.19. The lowest BCUT2D eigenvalue weighted by atomic mass is 10.2. The Morgan fingerprint density at radius 1 is 1.22 bits per heavy atom. The van der Waals surface area contributed by atoms with Crippen molar-refractivity contribution < 1.29 is 9.59 Å². The first-order valence-electron chi connectivity index (χ1n) is 8.93. The Morgan fingerprint density at radius 2 is 2.00 bits per heavy atom. The average Bonchev–Trinajstić information content (AvgIpc) is 2.97. The van der Waals surface area contributed by atoms with Gasteiger partial charge in [0.1, 0.15) is 0 Å². The summed E-state index contributed by atoms with van der Waals surface area (Å²) in [5.74, 6) is -0.371. The molecule has 0 radical (unpaired) electrons. The summed E-state index contributed by atoms with van der Waals surface area (Å²) >= 11 is 0. The van der Waals surface area contributed by atoms with E-state index in [0.29, 0.717) is 29.2 Å². The highest BCUT2D eigenvalue weighted by molar-refractivity contribution is 6.03. The van der Waals surface area contributed by atoms with Crippen LogP contribution in [0, 0.1) is 13.8 Å². The first-order chi connectivity index (χ1) is 12.8. The van der Waals surface area contributed by atoms with Gasteiger partial charge in [-0.3, -0.25) is 19.5 Å². The first-order valence-corrected chi connectivity index (χ1v) is 8.93. The molecule has 3 heterocycles. The molecule has 0 spiro atoms. The van der Waals surface area contributed by atoms with Crippen LogP contribution in [-0.4, -0.2) is 39.4 Å². The number of anilines is 2. The van der Waals surface area contributed by atoms with Crippen LogP contribution in [0.3, 0.4) is 0 Å². The van der Waals surface area contributed by atoms with Gasteiger partial charge in [-0.1, -0.05) is 6.58 Å². The molecule has 3 rings (SSSR count). The molecule has 7 nitrogen and oxygen atoms in total. The van der Waals surface area contributed by atoms with Crippen LogP contribution in [-0.2, 0) is 22.7 Å². The monoisotopic (exact) mass is 367 g/mol. The zero-order valence-electron chi connectivity index (χ0n) is 16.0. The summed E-state index contributed by atoms with van der Waals surface area (Å²) in [5.41, 5.74) is 4.68. The number of hydrogen-bond acceptors (Lipinski definition) is 4. The standard InChI is InChI=1S/C20H25N5O2/c1-13(2)20(27)23-18-8-16(9-21-15(18)4)22-19(26)12-24-5-6-25-10-14(3)7-17(25)11-24/h7-10H,1,5-6,11-12H2,2-4H3,(H,22,26)(H,23,27). The average molecular weight is 367 g/mol. The number of fused-ring (bicyclic) bond motifs is 1. The van der Waals surface area contributed by atoms with E-state index in [1.165, 1.54) is 11.3 Å². The van der Waals surface area contributed by atoms with Gasteiger partial charge in [0.15, 0.2) is 0 Å². The van der Waals surface area contributed by atoms with Crippen molar-refractivity contribution in [3.63, 3.8) is 0 Å². The second kappa shape index (κ2) is 7.75. The van der Waals surface area contributed by atoms with E-state index in [9.17, 15) is 9.59 Å². The van der Waals surface area contributed by atoms with Crippen LogP contribution in [0.2, 0.25) is 0 Å². The van der Waals surface area contributed by atoms with Crippen LogP contribution >= 0.6 is 0 Å². The Kier molecular flexibility index (Phi) is 5.41. The smallest absolute Gasteiger partial charge is 0.250 e. The van der Waals surface area contributed by atoms with Crippen molar-refractivity contribution in [3.8, 4) is 0 Å². The second-order valence-electron chi connectivity index (χ2n) is 7.05. The predicted molar refractivity (Wildman–Crippen MR) is 105 cm³/mol. The summed E-state index contributed by atoms with van der Waals surface area (Å²) < 4.78 is 2.24. The number of rotatable bonds is 5. The summed E-state index contributed by atoms with van der Waals surface area (Å²) in [4.78, 5) is 30.6. The number of nitrogens with one attached hydrogen (secondary N) is 2. The molecule has 0 unspecified atom stereocenters. The molecule has 1 aliphatic rings. The zero-order chi connectivity index (χ0) is 19.6. The number of amides is 2. The minimum Gasteiger partial charge on any atom is -0.349 e. The van der Waals surface area contributed by atoms with Crippen LogP contribution in [0.25, 0.3) is 0 Å². The number of aryl methyl sites for hydroxylation is 2. The van der Waals surface area contributed by atoms with Crippen molar-refractivity contribution in [1.82, 2.24) is 14.5 Å². The maximum absolute atomic E-state index is 12.4. The van der Waals surface area contributed by atoms with Crippen molar-refractivity contribution in [1.29, 1.82) is 0 Å². The number of pyridine rings is 1. The first kappa shape index (κ1) is 18.8. The summed E-state index contributed by atoms with van der Waals surface area (Å²) in [6, 6.07) is 3.87. The summed E-state index contributed by atoms with van der Waals surface area (Å²) in [6.45, 7) is 11.9. The van der Waals surface area contributed by atoms with Crippen LogP contribution in [0.4, 0.5) is 11.4 Å². The quantitative estimate of drug-likeness (QED) is 0.796. The van der Waals surface area contributed by atoms with Gasteiger partial charge in [-0.2, -0.15) is 0 Å². The van der Waals surface area contributed by atoms with E-state index in [1.54, 1.807) is 26.1 Å². The molecular formula is C20H25N5O2. The molecule has 2 aromatic rings. The van der Waals surface area contributed by atoms with Gasteiger partial charge in [-0.15, -0.1) is 0 Å². The van der Waals surface area contributed by atoms with E-state index >= 15 is 0 Å². The molecule has 2 amide bonds. The molecule has 27 heavy (non-hydrogen) atoms. The Labute approximate surface area is 159 Å². The predicted octanol–water partition coefficient (Wildman–Crippen LogP) is 2.47. The Bertz CT molecular complexity index is 900. The topological polar surface area (TPSA) is 79.3 Å². The third-order valence-corrected chi connectivity index (χ3v) is 4.54. The van der Waals surface area contributed by atoms with Gasteiger partial charge in [0.2, 0.25) is 5.91 Å². The number of hydrogen-bond donors (Lipinski definition) is 2. The van der Waals surface area contributed by atoms with E-state index in [4.69, 9.17) is 0 Å². The van der Waals surface area contributed by atoms with E-state index in [-0.39, 0.29) is 11.8 Å². The number of carbonyl (C=O) groups excluding carboxylic acids is 2. The molecule has 142 valence electrons. The lowest BCUT2D eigenvalue weighted by Crippen LogP contribution is -2.38. The molecule has 2 N–H and O–H groups in total. The molecule has 1 aliphatic heterocycles. The van der Waals surface area contributed by atoms with E-state index in [1.807, 2.05) is 0 Å². The largest absolute Gasteiger partial charge is 0.349 e. The SMILES string of the molecule is C=C(C)C(=O)Nc1cc(NC(=O)CN2CCn3cc(C)cc3C2)cnc1C. The minimum atomic E-state index is -0.269. The highest BCUT2D eigenvalue weighted by Gasteiger charge is 2.19. The van der Waals surface area contributed by atoms with Gasteiger partial charge in [0.25, 0.3) is 5.91 Å². The lowest BCUT2D eigenvalue weighted by Gasteiger charge is -2.27. The molecule has 0 atom stereocenters. The third-order valence-electron chi connectivity index (χ3n) is 4.54. The van der Waals surface area contributed by atoms with Crippen molar-refractivity contribution >= 4 is 23.2 Å². The normalized spacial score (nSPS) is 13.7. The minimum absolute atomic E-state index is 0.102. The van der Waals surface area contributed by atoms with E-state index < -0.39 is 0 Å². The fourth-order valence-corrected chi connectivity index (χ4v) is 3.11. The van der Waals surface area contributed by atoms with Crippen molar-refractivity contribution in [2.45, 2.75) is 33.9 Å². The number of carbonyl (C=O) groups is 2. The van der Waals surface area contributed by atoms with Crippen molar-refractivity contribution in [2.75, 3.05) is 23.7 Å². The van der Waals surface area contributed by atoms with E-state index in [0.717, 1.165) is 19.6 Å². The van der Waals surface area contributed by atoms with Gasteiger partial charge in [0.05, 0.1) is 29.8 Å². The molecule has 7 heteroatoms. The van der Waals surface area contributed by atoms with Gasteiger partial charge in [-0.05, 0) is 38.5 Å². The van der Waals surface area contributed by atoms with Crippen LogP contribution in [0.15, 0.2) is 36.7 Å². The Balaban J connectivity index is 1.61. The fourth-order valence-electron chi connectivity index (χ4n) is 3.11. The zero-order valence-corrected chi connectivity index (χ0v) is 16.0. The molecular weight excluding hydrogens is 342 g/mol. The molecule has 0 aromatic carbocycles. The van der Waals surface area contributed by atoms with Crippen LogP contribution < -0.4 is 10.6 Å². The maximum atomic E-state index is 12.4. The highest BCUT2D eigenvalue weighted by atomic mass is 16.2. The number of aromatic nitrogens is 2. The Morgan fingerprint density at radius 3 is 2.74 bits per heavy atom. The van der Waals surface area contributed by atoms with Crippen LogP contribution in [0.5, 0.6) is 0 Å². The van der Waals surface area contributed by atoms with Gasteiger partial charge in [-0.25, -0.2) is 0 Å². The molecule has 0 saturated heterocycles. The van der Waals surface area contributed by atoms with Crippen LogP contribution in [0.1, 0.15) is 23.9 Å². The maximum Gasteiger partial charge on any atom is 0.250 e. The van der Waals surface area contributed by atoms with E-state index in [2.05, 4.69) is 50.9 Å². The summed E-state index contributed by atoms with van der Waals surface area (Å²) in [5, 5.41) is 5.62. The lowest BCUT2D eigenvalue weighted by molar-refractivity contribution is -0.117. The van der Waals surface area contributed by atoms with Gasteiger partial charge < -0.3 is 15.2 Å². The third kappa shape index (κ3) is 4.62. The number of nitrogens with zero attached hydrogens (tertiary/aromatic N) is 3. The molecule has 0 fully saturated rings. The molecule has 0 saturated carbocycles. The van der Waals surface area contributed by atoms with Gasteiger partial charge in [0, 0.05) is 37.1 Å².